The first-order valence-electron chi connectivity index (χ1n) is 7.58. The maximum atomic E-state index is 4.55. The van der Waals surface area contributed by atoms with Gasteiger partial charge in [0.2, 0.25) is 0 Å². The molecule has 0 saturated carbocycles. The molecule has 0 fully saturated rings. The maximum Gasteiger partial charge on any atom is 0.147 e. The van der Waals surface area contributed by atoms with Gasteiger partial charge in [-0.2, -0.15) is 0 Å². The molecule has 114 valence electrons. The summed E-state index contributed by atoms with van der Waals surface area (Å²) in [7, 11) is 0. The number of pyridine rings is 1. The zero-order valence-corrected chi connectivity index (χ0v) is 13.6. The van der Waals surface area contributed by atoms with E-state index in [-0.39, 0.29) is 6.04 Å². The van der Waals surface area contributed by atoms with Gasteiger partial charge in [0.15, 0.2) is 0 Å². The van der Waals surface area contributed by atoms with Gasteiger partial charge in [0.1, 0.15) is 11.6 Å². The average Bonchev–Trinajstić information content (AvgIpc) is 2.81. The Hall–Kier alpha value is -1.75. The van der Waals surface area contributed by atoms with E-state index in [1.165, 1.54) is 5.56 Å². The molecule has 2 heterocycles. The molecule has 0 unspecified atom stereocenters. The lowest BCUT2D eigenvalue weighted by molar-refractivity contribution is 0.392. The fourth-order valence-corrected chi connectivity index (χ4v) is 2.64. The Bertz CT molecular complexity index is 588. The van der Waals surface area contributed by atoms with Gasteiger partial charge in [-0.3, -0.25) is 4.98 Å². The summed E-state index contributed by atoms with van der Waals surface area (Å²) in [6.45, 7) is 12.2. The lowest BCUT2D eigenvalue weighted by atomic mass is 9.97. The lowest BCUT2D eigenvalue weighted by Crippen LogP contribution is -2.28. The standard InChI is InChI=1S/C16H25N5/c1-6-21-13(5)19-20-14(21)10-18-15(11(2)3)16-12(4)8-7-9-17-16/h7-9,11,15,18H,6,10H2,1-5H3/t15-/m1/s1. The molecule has 0 aliphatic carbocycles. The fourth-order valence-electron chi connectivity index (χ4n) is 2.64. The predicted octanol–water partition coefficient (Wildman–Crippen LogP) is 2.80. The summed E-state index contributed by atoms with van der Waals surface area (Å²) in [5, 5.41) is 12.0. The van der Waals surface area contributed by atoms with Gasteiger partial charge in [-0.05, 0) is 38.3 Å². The van der Waals surface area contributed by atoms with Gasteiger partial charge in [-0.15, -0.1) is 10.2 Å². The van der Waals surface area contributed by atoms with Crippen molar-refractivity contribution in [3.8, 4) is 0 Å². The summed E-state index contributed by atoms with van der Waals surface area (Å²) in [5.74, 6) is 2.40. The van der Waals surface area contributed by atoms with E-state index in [0.717, 1.165) is 23.9 Å². The largest absolute Gasteiger partial charge is 0.314 e. The molecule has 0 amide bonds. The first-order chi connectivity index (χ1) is 10.0. The SMILES string of the molecule is CCn1c(C)nnc1CN[C@@H](c1ncccc1C)C(C)C. The van der Waals surface area contributed by atoms with Crippen molar-refractivity contribution in [3.05, 3.63) is 41.2 Å². The van der Waals surface area contributed by atoms with E-state index < -0.39 is 0 Å². The molecule has 2 rings (SSSR count). The number of rotatable bonds is 6. The summed E-state index contributed by atoms with van der Waals surface area (Å²) in [5.41, 5.74) is 2.34. The number of aromatic nitrogens is 4. The van der Waals surface area contributed by atoms with E-state index in [1.807, 2.05) is 19.2 Å². The van der Waals surface area contributed by atoms with Crippen LogP contribution >= 0.6 is 0 Å². The van der Waals surface area contributed by atoms with Gasteiger partial charge < -0.3 is 9.88 Å². The van der Waals surface area contributed by atoms with Crippen LogP contribution in [-0.4, -0.2) is 19.7 Å². The molecule has 0 radical (unpaired) electrons. The molecule has 0 aromatic carbocycles. The highest BCUT2D eigenvalue weighted by Crippen LogP contribution is 2.22. The molecule has 1 atom stereocenters. The highest BCUT2D eigenvalue weighted by atomic mass is 15.3. The molecule has 2 aromatic rings. The van der Waals surface area contributed by atoms with Crippen molar-refractivity contribution in [1.29, 1.82) is 0 Å². The molecule has 5 nitrogen and oxygen atoms in total. The fraction of sp³-hybridized carbons (Fsp3) is 0.562. The zero-order chi connectivity index (χ0) is 15.4. The van der Waals surface area contributed by atoms with Crippen LogP contribution in [0, 0.1) is 19.8 Å². The summed E-state index contributed by atoms with van der Waals surface area (Å²) in [6.07, 6.45) is 1.86. The topological polar surface area (TPSA) is 55.6 Å². The summed E-state index contributed by atoms with van der Waals surface area (Å²) in [6, 6.07) is 4.30. The van der Waals surface area contributed by atoms with Crippen LogP contribution in [0.5, 0.6) is 0 Å². The van der Waals surface area contributed by atoms with E-state index in [0.29, 0.717) is 12.5 Å². The van der Waals surface area contributed by atoms with E-state index in [9.17, 15) is 0 Å². The van der Waals surface area contributed by atoms with Crippen molar-refractivity contribution >= 4 is 0 Å². The molecule has 5 heteroatoms. The van der Waals surface area contributed by atoms with E-state index in [2.05, 4.69) is 58.8 Å². The minimum atomic E-state index is 0.216. The van der Waals surface area contributed by atoms with Gasteiger partial charge >= 0.3 is 0 Å². The zero-order valence-electron chi connectivity index (χ0n) is 13.6. The van der Waals surface area contributed by atoms with Crippen molar-refractivity contribution in [3.63, 3.8) is 0 Å². The number of hydrogen-bond acceptors (Lipinski definition) is 4. The van der Waals surface area contributed by atoms with Crippen molar-refractivity contribution in [2.24, 2.45) is 5.92 Å². The summed E-state index contributed by atoms with van der Waals surface area (Å²) >= 11 is 0. The summed E-state index contributed by atoms with van der Waals surface area (Å²) in [4.78, 5) is 4.55. The second-order valence-electron chi connectivity index (χ2n) is 5.72. The quantitative estimate of drug-likeness (QED) is 0.887. The van der Waals surface area contributed by atoms with Gasteiger partial charge in [-0.1, -0.05) is 19.9 Å². The Morgan fingerprint density at radius 2 is 2.00 bits per heavy atom. The van der Waals surface area contributed by atoms with Crippen LogP contribution in [0.3, 0.4) is 0 Å². The van der Waals surface area contributed by atoms with E-state index >= 15 is 0 Å². The number of nitrogens with one attached hydrogen (secondary N) is 1. The molecule has 21 heavy (non-hydrogen) atoms. The predicted molar refractivity (Wildman–Crippen MR) is 83.8 cm³/mol. The smallest absolute Gasteiger partial charge is 0.147 e. The van der Waals surface area contributed by atoms with E-state index in [1.54, 1.807) is 0 Å². The molecular formula is C16H25N5. The van der Waals surface area contributed by atoms with Crippen molar-refractivity contribution in [2.45, 2.75) is 53.8 Å². The number of hydrogen-bond donors (Lipinski definition) is 1. The van der Waals surface area contributed by atoms with Crippen molar-refractivity contribution in [2.75, 3.05) is 0 Å². The van der Waals surface area contributed by atoms with Gasteiger partial charge in [-0.25, -0.2) is 0 Å². The van der Waals surface area contributed by atoms with Crippen LogP contribution in [0.15, 0.2) is 18.3 Å². The van der Waals surface area contributed by atoms with Crippen LogP contribution < -0.4 is 5.32 Å². The number of aryl methyl sites for hydroxylation is 2. The molecule has 2 aromatic heterocycles. The highest BCUT2D eigenvalue weighted by molar-refractivity contribution is 5.21. The molecule has 0 aliphatic rings. The number of nitrogens with zero attached hydrogens (tertiary/aromatic N) is 4. The Labute approximate surface area is 126 Å². The Morgan fingerprint density at radius 3 is 2.62 bits per heavy atom. The molecule has 0 saturated heterocycles. The molecule has 0 bridgehead atoms. The third-order valence-electron chi connectivity index (χ3n) is 3.82. The van der Waals surface area contributed by atoms with Gasteiger partial charge in [0.05, 0.1) is 18.3 Å². The minimum absolute atomic E-state index is 0.216. The second kappa shape index (κ2) is 6.80. The second-order valence-corrected chi connectivity index (χ2v) is 5.72. The first kappa shape index (κ1) is 15.6. The molecule has 0 aliphatic heterocycles. The third kappa shape index (κ3) is 3.47. The van der Waals surface area contributed by atoms with Crippen LogP contribution in [0.2, 0.25) is 0 Å². The van der Waals surface area contributed by atoms with Crippen LogP contribution in [0.1, 0.15) is 49.7 Å². The Morgan fingerprint density at radius 1 is 1.24 bits per heavy atom. The summed E-state index contributed by atoms with van der Waals surface area (Å²) < 4.78 is 2.13. The van der Waals surface area contributed by atoms with Gasteiger partial charge in [0.25, 0.3) is 0 Å². The van der Waals surface area contributed by atoms with Crippen LogP contribution in [0.4, 0.5) is 0 Å². The normalized spacial score (nSPS) is 12.9. The monoisotopic (exact) mass is 287 g/mol. The van der Waals surface area contributed by atoms with Crippen molar-refractivity contribution < 1.29 is 0 Å². The molecule has 0 spiro atoms. The lowest BCUT2D eigenvalue weighted by Gasteiger charge is -2.23. The van der Waals surface area contributed by atoms with Crippen LogP contribution in [0.25, 0.3) is 0 Å². The van der Waals surface area contributed by atoms with E-state index in [4.69, 9.17) is 0 Å². The minimum Gasteiger partial charge on any atom is -0.314 e. The highest BCUT2D eigenvalue weighted by Gasteiger charge is 2.19. The van der Waals surface area contributed by atoms with Crippen molar-refractivity contribution in [1.82, 2.24) is 25.1 Å². The van der Waals surface area contributed by atoms with Crippen LogP contribution in [-0.2, 0) is 13.1 Å². The molecule has 1 N–H and O–H groups in total. The Balaban J connectivity index is 2.16. The molecular weight excluding hydrogens is 262 g/mol. The maximum absolute atomic E-state index is 4.55. The Kier molecular flexibility index (Phi) is 5.07. The third-order valence-corrected chi connectivity index (χ3v) is 3.82. The van der Waals surface area contributed by atoms with Gasteiger partial charge in [0, 0.05) is 12.7 Å². The first-order valence-corrected chi connectivity index (χ1v) is 7.58. The average molecular weight is 287 g/mol.